The second-order valence-corrected chi connectivity index (χ2v) is 6.78. The van der Waals surface area contributed by atoms with Crippen molar-refractivity contribution in [2.24, 2.45) is 5.92 Å². The Bertz CT molecular complexity index is 208. The number of aldehydes is 1. The molecule has 1 aliphatic carbocycles. The zero-order valence-electron chi connectivity index (χ0n) is 13.6. The number of carbonyl (C=O) groups is 1. The lowest BCUT2D eigenvalue weighted by Gasteiger charge is -2.03. The van der Waals surface area contributed by atoms with E-state index in [0.717, 1.165) is 25.0 Å². The largest absolute Gasteiger partial charge is 0.303 e. The molecule has 0 N–H and O–H groups in total. The topological polar surface area (TPSA) is 17.1 Å². The molecular formula is C19H36O. The molecule has 0 aromatic carbocycles. The second-order valence-electron chi connectivity index (χ2n) is 6.78. The van der Waals surface area contributed by atoms with Gasteiger partial charge in [0.25, 0.3) is 0 Å². The van der Waals surface area contributed by atoms with Gasteiger partial charge in [0, 0.05) is 6.42 Å². The van der Waals surface area contributed by atoms with Gasteiger partial charge in [0.05, 0.1) is 0 Å². The van der Waals surface area contributed by atoms with Crippen LogP contribution in [0.5, 0.6) is 0 Å². The minimum absolute atomic E-state index is 0.765. The molecule has 0 radical (unpaired) electrons. The van der Waals surface area contributed by atoms with Crippen LogP contribution in [-0.2, 0) is 4.79 Å². The first-order valence-corrected chi connectivity index (χ1v) is 9.37. The summed E-state index contributed by atoms with van der Waals surface area (Å²) in [6, 6.07) is 0. The molecule has 1 fully saturated rings. The van der Waals surface area contributed by atoms with Crippen LogP contribution in [0, 0.1) is 5.92 Å². The molecular weight excluding hydrogens is 244 g/mol. The summed E-state index contributed by atoms with van der Waals surface area (Å²) < 4.78 is 0. The Labute approximate surface area is 126 Å². The van der Waals surface area contributed by atoms with E-state index >= 15 is 0 Å². The molecule has 0 aromatic rings. The number of carbonyl (C=O) groups excluding carboxylic acids is 1. The standard InChI is InChI=1S/C19H36O/c20-18-14-12-10-8-6-4-2-1-3-5-7-9-11-13-15-19-16-17-19/h18-19H,1-17H2. The van der Waals surface area contributed by atoms with Crippen molar-refractivity contribution in [3.05, 3.63) is 0 Å². The van der Waals surface area contributed by atoms with Crippen LogP contribution in [0.2, 0.25) is 0 Å². The quantitative estimate of drug-likeness (QED) is 0.235. The summed E-state index contributed by atoms with van der Waals surface area (Å²) in [6.07, 6.45) is 24.5. The number of unbranched alkanes of at least 4 members (excludes halogenated alkanes) is 13. The lowest BCUT2D eigenvalue weighted by atomic mass is 10.0. The zero-order valence-corrected chi connectivity index (χ0v) is 13.6. The van der Waals surface area contributed by atoms with E-state index < -0.39 is 0 Å². The molecule has 1 nitrogen and oxygen atoms in total. The van der Waals surface area contributed by atoms with Gasteiger partial charge in [-0.3, -0.25) is 0 Å². The van der Waals surface area contributed by atoms with E-state index in [1.165, 1.54) is 96.3 Å². The lowest BCUT2D eigenvalue weighted by molar-refractivity contribution is -0.107. The first-order valence-electron chi connectivity index (χ1n) is 9.37. The third kappa shape index (κ3) is 12.7. The molecule has 0 saturated heterocycles. The van der Waals surface area contributed by atoms with E-state index in [1.807, 2.05) is 0 Å². The molecule has 1 saturated carbocycles. The van der Waals surface area contributed by atoms with Crippen LogP contribution >= 0.6 is 0 Å². The normalized spacial score (nSPS) is 14.6. The van der Waals surface area contributed by atoms with Gasteiger partial charge in [-0.05, 0) is 12.3 Å². The molecule has 118 valence electrons. The summed E-state index contributed by atoms with van der Waals surface area (Å²) in [5.74, 6) is 1.13. The molecule has 0 heterocycles. The molecule has 0 bridgehead atoms. The van der Waals surface area contributed by atoms with Gasteiger partial charge in [-0.1, -0.05) is 96.3 Å². The van der Waals surface area contributed by atoms with Gasteiger partial charge >= 0.3 is 0 Å². The molecule has 1 aliphatic rings. The lowest BCUT2D eigenvalue weighted by Crippen LogP contribution is -1.84. The molecule has 0 spiro atoms. The summed E-state index contributed by atoms with van der Waals surface area (Å²) in [7, 11) is 0. The first kappa shape index (κ1) is 17.7. The fourth-order valence-corrected chi connectivity index (χ4v) is 3.01. The van der Waals surface area contributed by atoms with Crippen molar-refractivity contribution in [2.75, 3.05) is 0 Å². The highest BCUT2D eigenvalue weighted by Gasteiger charge is 2.19. The Morgan fingerprint density at radius 2 is 1.00 bits per heavy atom. The van der Waals surface area contributed by atoms with Crippen molar-refractivity contribution >= 4 is 6.29 Å². The number of hydrogen-bond donors (Lipinski definition) is 0. The van der Waals surface area contributed by atoms with Crippen LogP contribution in [0.1, 0.15) is 109 Å². The molecule has 0 amide bonds. The number of hydrogen-bond acceptors (Lipinski definition) is 1. The van der Waals surface area contributed by atoms with Crippen LogP contribution in [0.25, 0.3) is 0 Å². The predicted molar refractivity (Wildman–Crippen MR) is 88.0 cm³/mol. The van der Waals surface area contributed by atoms with Crippen LogP contribution < -0.4 is 0 Å². The van der Waals surface area contributed by atoms with Crippen molar-refractivity contribution < 1.29 is 4.79 Å². The van der Waals surface area contributed by atoms with Crippen molar-refractivity contribution in [3.8, 4) is 0 Å². The third-order valence-corrected chi connectivity index (χ3v) is 4.63. The Balaban J connectivity index is 1.61. The highest BCUT2D eigenvalue weighted by atomic mass is 16.1. The van der Waals surface area contributed by atoms with E-state index in [9.17, 15) is 4.79 Å². The summed E-state index contributed by atoms with van der Waals surface area (Å²) in [5, 5.41) is 0. The third-order valence-electron chi connectivity index (χ3n) is 4.63. The van der Waals surface area contributed by atoms with Gasteiger partial charge in [-0.15, -0.1) is 0 Å². The van der Waals surface area contributed by atoms with Crippen molar-refractivity contribution in [3.63, 3.8) is 0 Å². The average molecular weight is 280 g/mol. The first-order chi connectivity index (χ1) is 9.93. The summed E-state index contributed by atoms with van der Waals surface area (Å²) in [4.78, 5) is 10.2. The van der Waals surface area contributed by atoms with Gasteiger partial charge < -0.3 is 4.79 Å². The Morgan fingerprint density at radius 1 is 0.600 bits per heavy atom. The summed E-state index contributed by atoms with van der Waals surface area (Å²) in [6.45, 7) is 0. The van der Waals surface area contributed by atoms with E-state index in [1.54, 1.807) is 0 Å². The SMILES string of the molecule is O=CCCCCCCCCCCCCCCCC1CC1. The maximum absolute atomic E-state index is 10.2. The van der Waals surface area contributed by atoms with E-state index in [2.05, 4.69) is 0 Å². The molecule has 20 heavy (non-hydrogen) atoms. The Kier molecular flexibility index (Phi) is 12.1. The smallest absolute Gasteiger partial charge is 0.119 e. The second kappa shape index (κ2) is 13.6. The molecule has 0 aromatic heterocycles. The van der Waals surface area contributed by atoms with E-state index in [-0.39, 0.29) is 0 Å². The van der Waals surface area contributed by atoms with E-state index in [4.69, 9.17) is 0 Å². The van der Waals surface area contributed by atoms with Gasteiger partial charge in [0.2, 0.25) is 0 Å². The molecule has 0 atom stereocenters. The fourth-order valence-electron chi connectivity index (χ4n) is 3.01. The van der Waals surface area contributed by atoms with Gasteiger partial charge in [0.15, 0.2) is 0 Å². The zero-order chi connectivity index (χ0) is 14.3. The van der Waals surface area contributed by atoms with Crippen molar-refractivity contribution in [2.45, 2.75) is 109 Å². The minimum atomic E-state index is 0.765. The van der Waals surface area contributed by atoms with Gasteiger partial charge in [0.1, 0.15) is 6.29 Å². The summed E-state index contributed by atoms with van der Waals surface area (Å²) in [5.41, 5.74) is 0. The molecule has 0 unspecified atom stereocenters. The molecule has 1 rings (SSSR count). The maximum atomic E-state index is 10.2. The van der Waals surface area contributed by atoms with E-state index in [0.29, 0.717) is 0 Å². The van der Waals surface area contributed by atoms with Crippen molar-refractivity contribution in [1.82, 2.24) is 0 Å². The molecule has 1 heteroatoms. The van der Waals surface area contributed by atoms with Gasteiger partial charge in [-0.25, -0.2) is 0 Å². The maximum Gasteiger partial charge on any atom is 0.119 e. The highest BCUT2D eigenvalue weighted by Crippen LogP contribution is 2.34. The minimum Gasteiger partial charge on any atom is -0.303 e. The van der Waals surface area contributed by atoms with Gasteiger partial charge in [-0.2, -0.15) is 0 Å². The monoisotopic (exact) mass is 280 g/mol. The van der Waals surface area contributed by atoms with Crippen LogP contribution in [0.4, 0.5) is 0 Å². The predicted octanol–water partition coefficient (Wildman–Crippen LogP) is 6.45. The summed E-state index contributed by atoms with van der Waals surface area (Å²) >= 11 is 0. The molecule has 0 aliphatic heterocycles. The Morgan fingerprint density at radius 3 is 1.40 bits per heavy atom. The average Bonchev–Trinajstić information content (AvgIpc) is 3.27. The van der Waals surface area contributed by atoms with Crippen LogP contribution in [-0.4, -0.2) is 6.29 Å². The van der Waals surface area contributed by atoms with Crippen molar-refractivity contribution in [1.29, 1.82) is 0 Å². The number of rotatable bonds is 16. The van der Waals surface area contributed by atoms with Crippen LogP contribution in [0.3, 0.4) is 0 Å². The Hall–Kier alpha value is -0.330. The van der Waals surface area contributed by atoms with Crippen LogP contribution in [0.15, 0.2) is 0 Å². The fraction of sp³-hybridized carbons (Fsp3) is 0.947. The highest BCUT2D eigenvalue weighted by molar-refractivity contribution is 5.48.